The molecule has 0 radical (unpaired) electrons. The van der Waals surface area contributed by atoms with E-state index in [1.54, 1.807) is 0 Å². The maximum Gasteiger partial charge on any atom is 0.314 e. The number of aliphatic carboxylic acids is 1. The van der Waals surface area contributed by atoms with Crippen molar-refractivity contribution in [2.45, 2.75) is 24.4 Å². The molecule has 0 saturated heterocycles. The predicted molar refractivity (Wildman–Crippen MR) is 75.5 cm³/mol. The Bertz CT molecular complexity index is 612. The number of hydrogen-bond donors (Lipinski definition) is 2. The first-order chi connectivity index (χ1) is 9.63. The van der Waals surface area contributed by atoms with Crippen LogP contribution in [0.5, 0.6) is 0 Å². The van der Waals surface area contributed by atoms with Crippen LogP contribution in [-0.4, -0.2) is 16.2 Å². The summed E-state index contributed by atoms with van der Waals surface area (Å²) < 4.78 is 0. The third-order valence-corrected chi connectivity index (χ3v) is 4.05. The van der Waals surface area contributed by atoms with Gasteiger partial charge in [0.25, 0.3) is 0 Å². The van der Waals surface area contributed by atoms with Crippen molar-refractivity contribution in [3.05, 3.63) is 71.3 Å². The number of carbonyl (C=O) groups is 1. The van der Waals surface area contributed by atoms with E-state index in [-0.39, 0.29) is 0 Å². The van der Waals surface area contributed by atoms with Crippen molar-refractivity contribution in [2.75, 3.05) is 0 Å². The molecule has 0 amide bonds. The first-order valence-electron chi connectivity index (χ1n) is 6.70. The fraction of sp³-hybridized carbons (Fsp3) is 0.235. The van der Waals surface area contributed by atoms with Crippen molar-refractivity contribution in [1.29, 1.82) is 0 Å². The van der Waals surface area contributed by atoms with Gasteiger partial charge in [0.2, 0.25) is 0 Å². The van der Waals surface area contributed by atoms with Crippen molar-refractivity contribution in [3.63, 3.8) is 0 Å². The number of carboxylic acid groups (broad SMARTS) is 1. The van der Waals surface area contributed by atoms with Gasteiger partial charge in [-0.3, -0.25) is 4.79 Å². The molecule has 2 N–H and O–H groups in total. The lowest BCUT2D eigenvalue weighted by atomic mass is 9.93. The summed E-state index contributed by atoms with van der Waals surface area (Å²) in [6.45, 7) is 0. The highest BCUT2D eigenvalue weighted by Gasteiger charge is 2.51. The number of benzene rings is 2. The van der Waals surface area contributed by atoms with Gasteiger partial charge in [0, 0.05) is 0 Å². The zero-order valence-corrected chi connectivity index (χ0v) is 11.0. The van der Waals surface area contributed by atoms with Crippen LogP contribution in [0.4, 0.5) is 0 Å². The second-order valence-corrected chi connectivity index (χ2v) is 5.32. The van der Waals surface area contributed by atoms with E-state index in [1.807, 2.05) is 54.6 Å². The smallest absolute Gasteiger partial charge is 0.314 e. The molecule has 3 heteroatoms. The van der Waals surface area contributed by atoms with Gasteiger partial charge >= 0.3 is 5.97 Å². The summed E-state index contributed by atoms with van der Waals surface area (Å²) in [6, 6.07) is 16.7. The van der Waals surface area contributed by atoms with Crippen LogP contribution in [0.2, 0.25) is 0 Å². The second-order valence-electron chi connectivity index (χ2n) is 5.32. The Balaban J connectivity index is 1.85. The maximum absolute atomic E-state index is 11.3. The first-order valence-corrected chi connectivity index (χ1v) is 6.70. The zero-order valence-electron chi connectivity index (χ0n) is 11.0. The first kappa shape index (κ1) is 12.9. The Morgan fingerprint density at radius 1 is 0.950 bits per heavy atom. The maximum atomic E-state index is 11.3. The van der Waals surface area contributed by atoms with Gasteiger partial charge in [0.15, 0.2) is 0 Å². The third kappa shape index (κ3) is 2.10. The summed E-state index contributed by atoms with van der Waals surface area (Å²) in [5.74, 6) is -0.756. The molecule has 1 atom stereocenters. The van der Waals surface area contributed by atoms with Crippen LogP contribution in [-0.2, 0) is 10.2 Å². The van der Waals surface area contributed by atoms with Crippen LogP contribution < -0.4 is 0 Å². The Labute approximate surface area is 117 Å². The Morgan fingerprint density at radius 2 is 1.50 bits per heavy atom. The average Bonchev–Trinajstić information content (AvgIpc) is 3.29. The summed E-state index contributed by atoms with van der Waals surface area (Å²) in [5.41, 5.74) is 1.76. The molecule has 3 rings (SSSR count). The molecule has 0 spiro atoms. The topological polar surface area (TPSA) is 57.5 Å². The highest BCUT2D eigenvalue weighted by molar-refractivity contribution is 5.84. The van der Waals surface area contributed by atoms with Crippen molar-refractivity contribution in [1.82, 2.24) is 0 Å². The average molecular weight is 268 g/mol. The van der Waals surface area contributed by atoms with Gasteiger partial charge in [-0.25, -0.2) is 0 Å². The van der Waals surface area contributed by atoms with Crippen LogP contribution in [0, 0.1) is 0 Å². The van der Waals surface area contributed by atoms with E-state index in [0.717, 1.165) is 16.7 Å². The number of hydrogen-bond acceptors (Lipinski definition) is 2. The molecule has 1 aliphatic carbocycles. The summed E-state index contributed by atoms with van der Waals surface area (Å²) in [6.07, 6.45) is 0.719. The minimum Gasteiger partial charge on any atom is -0.481 e. The van der Waals surface area contributed by atoms with Crippen LogP contribution in [0.3, 0.4) is 0 Å². The fourth-order valence-electron chi connectivity index (χ4n) is 2.56. The molecular formula is C17H16O3. The molecule has 0 aromatic heterocycles. The molecule has 0 heterocycles. The normalized spacial score (nSPS) is 17.4. The van der Waals surface area contributed by atoms with Crippen molar-refractivity contribution >= 4 is 5.97 Å². The molecule has 1 saturated carbocycles. The highest BCUT2D eigenvalue weighted by Crippen LogP contribution is 2.48. The molecule has 1 fully saturated rings. The second kappa shape index (κ2) is 4.76. The minimum atomic E-state index is -0.756. The molecule has 20 heavy (non-hydrogen) atoms. The number of aliphatic hydroxyl groups is 1. The Morgan fingerprint density at radius 3 is 2.00 bits per heavy atom. The summed E-state index contributed by atoms with van der Waals surface area (Å²) in [7, 11) is 0. The molecule has 2 aromatic carbocycles. The molecule has 1 aliphatic rings. The van der Waals surface area contributed by atoms with Crippen LogP contribution in [0.15, 0.2) is 54.6 Å². The highest BCUT2D eigenvalue weighted by atomic mass is 16.4. The van der Waals surface area contributed by atoms with Gasteiger partial charge in [-0.05, 0) is 29.5 Å². The lowest BCUT2D eigenvalue weighted by Crippen LogP contribution is -2.19. The van der Waals surface area contributed by atoms with Crippen LogP contribution in [0.1, 0.15) is 35.6 Å². The summed E-state index contributed by atoms with van der Waals surface area (Å²) in [5, 5.41) is 19.6. The lowest BCUT2D eigenvalue weighted by Gasteiger charge is -2.14. The monoisotopic (exact) mass is 268 g/mol. The van der Waals surface area contributed by atoms with E-state index in [1.165, 1.54) is 0 Å². The van der Waals surface area contributed by atoms with Gasteiger partial charge in [-0.2, -0.15) is 0 Å². The summed E-state index contributed by atoms with van der Waals surface area (Å²) in [4.78, 5) is 11.3. The van der Waals surface area contributed by atoms with Crippen LogP contribution >= 0.6 is 0 Å². The molecular weight excluding hydrogens is 252 g/mol. The van der Waals surface area contributed by atoms with Crippen LogP contribution in [0.25, 0.3) is 0 Å². The van der Waals surface area contributed by atoms with Crippen molar-refractivity contribution < 1.29 is 15.0 Å². The zero-order chi connectivity index (χ0) is 14.2. The fourth-order valence-corrected chi connectivity index (χ4v) is 2.56. The third-order valence-electron chi connectivity index (χ3n) is 4.05. The quantitative estimate of drug-likeness (QED) is 0.896. The number of aliphatic hydroxyl groups excluding tert-OH is 1. The minimum absolute atomic E-state index is 0.676. The van der Waals surface area contributed by atoms with E-state index in [4.69, 9.17) is 0 Å². The van der Waals surface area contributed by atoms with E-state index in [2.05, 4.69) is 0 Å². The van der Waals surface area contributed by atoms with Gasteiger partial charge in [-0.1, -0.05) is 54.6 Å². The Kier molecular flexibility index (Phi) is 3.07. The molecule has 1 unspecified atom stereocenters. The number of carboxylic acids is 1. The van der Waals surface area contributed by atoms with E-state index in [0.29, 0.717) is 12.8 Å². The Hall–Kier alpha value is -2.13. The standard InChI is InChI=1S/C17H16O3/c18-15(12-4-2-1-3-5-12)13-6-8-14(9-7-13)17(10-11-17)16(19)20/h1-9,15,18H,10-11H2,(H,19,20). The van der Waals surface area contributed by atoms with Gasteiger partial charge in [-0.15, -0.1) is 0 Å². The molecule has 0 bridgehead atoms. The SMILES string of the molecule is O=C(O)C1(c2ccc(C(O)c3ccccc3)cc2)CC1. The van der Waals surface area contributed by atoms with Gasteiger partial charge in [0.05, 0.1) is 5.41 Å². The van der Waals surface area contributed by atoms with E-state index >= 15 is 0 Å². The summed E-state index contributed by atoms with van der Waals surface area (Å²) >= 11 is 0. The van der Waals surface area contributed by atoms with E-state index < -0.39 is 17.5 Å². The van der Waals surface area contributed by atoms with E-state index in [9.17, 15) is 15.0 Å². The molecule has 0 aliphatic heterocycles. The molecule has 2 aromatic rings. The molecule has 3 nitrogen and oxygen atoms in total. The molecule has 102 valence electrons. The van der Waals surface area contributed by atoms with Crippen molar-refractivity contribution in [3.8, 4) is 0 Å². The van der Waals surface area contributed by atoms with Gasteiger partial charge in [0.1, 0.15) is 6.10 Å². The van der Waals surface area contributed by atoms with Crippen molar-refractivity contribution in [2.24, 2.45) is 0 Å². The van der Waals surface area contributed by atoms with Gasteiger partial charge < -0.3 is 10.2 Å². The largest absolute Gasteiger partial charge is 0.481 e. The number of rotatable bonds is 4. The lowest BCUT2D eigenvalue weighted by molar-refractivity contribution is -0.140. The predicted octanol–water partition coefficient (Wildman–Crippen LogP) is 2.88.